The highest BCUT2D eigenvalue weighted by Crippen LogP contribution is 2.29. The molecule has 1 unspecified atom stereocenters. The van der Waals surface area contributed by atoms with Gasteiger partial charge in [-0.15, -0.1) is 0 Å². The monoisotopic (exact) mass is 427 g/mol. The molecule has 2 heterocycles. The number of ether oxygens (including phenoxy) is 1. The van der Waals surface area contributed by atoms with Crippen molar-refractivity contribution in [3.05, 3.63) is 64.7 Å². The third-order valence-electron chi connectivity index (χ3n) is 6.18. The topological polar surface area (TPSA) is 44.8 Å². The molecule has 2 fully saturated rings. The normalized spacial score (nSPS) is 20.4. The molecular formula is C24H30ClN3O2. The van der Waals surface area contributed by atoms with Crippen LogP contribution < -0.4 is 10.2 Å². The largest absolute Gasteiger partial charge is 0.371 e. The van der Waals surface area contributed by atoms with Crippen LogP contribution in [0.3, 0.4) is 0 Å². The summed E-state index contributed by atoms with van der Waals surface area (Å²) in [5, 5.41) is 3.80. The molecule has 0 radical (unpaired) electrons. The SMILES string of the molecule is CNCC1CCN(c2ccc(C(=O)N3CCOC(c4ccccc4)C3)c(Cl)c2)CC1. The fourth-order valence-corrected chi connectivity index (χ4v) is 4.69. The Morgan fingerprint density at radius 1 is 1.13 bits per heavy atom. The first-order valence-corrected chi connectivity index (χ1v) is 11.2. The van der Waals surface area contributed by atoms with Gasteiger partial charge in [-0.3, -0.25) is 4.79 Å². The molecule has 160 valence electrons. The molecule has 1 amide bonds. The molecule has 0 bridgehead atoms. The van der Waals surface area contributed by atoms with E-state index in [9.17, 15) is 4.79 Å². The van der Waals surface area contributed by atoms with E-state index in [0.29, 0.717) is 30.3 Å². The standard InChI is InChI=1S/C24H30ClN3O2/c1-26-16-18-9-11-27(12-10-18)20-7-8-21(22(25)15-20)24(29)28-13-14-30-23(17-28)19-5-3-2-4-6-19/h2-8,15,18,23,26H,9-14,16-17H2,1H3. The van der Waals surface area contributed by atoms with Crippen molar-refractivity contribution in [2.45, 2.75) is 18.9 Å². The van der Waals surface area contributed by atoms with E-state index in [-0.39, 0.29) is 12.0 Å². The molecule has 0 spiro atoms. The molecule has 2 aromatic rings. The van der Waals surface area contributed by atoms with Gasteiger partial charge in [-0.05, 0) is 56.1 Å². The van der Waals surface area contributed by atoms with Crippen LogP contribution in [0.2, 0.25) is 5.02 Å². The molecule has 1 N–H and O–H groups in total. The smallest absolute Gasteiger partial charge is 0.255 e. The number of morpholine rings is 1. The number of nitrogens with zero attached hydrogens (tertiary/aromatic N) is 2. The second kappa shape index (κ2) is 9.82. The summed E-state index contributed by atoms with van der Waals surface area (Å²) in [5.74, 6) is 0.713. The maximum Gasteiger partial charge on any atom is 0.255 e. The predicted molar refractivity (Wildman–Crippen MR) is 121 cm³/mol. The summed E-state index contributed by atoms with van der Waals surface area (Å²) in [6.07, 6.45) is 2.25. The maximum absolute atomic E-state index is 13.2. The van der Waals surface area contributed by atoms with Crippen LogP contribution in [-0.2, 0) is 4.74 Å². The first-order valence-electron chi connectivity index (χ1n) is 10.8. The zero-order chi connectivity index (χ0) is 20.9. The highest BCUT2D eigenvalue weighted by molar-refractivity contribution is 6.34. The maximum atomic E-state index is 13.2. The van der Waals surface area contributed by atoms with Gasteiger partial charge < -0.3 is 19.9 Å². The molecule has 5 nitrogen and oxygen atoms in total. The van der Waals surface area contributed by atoms with Gasteiger partial charge in [-0.25, -0.2) is 0 Å². The van der Waals surface area contributed by atoms with Gasteiger partial charge in [0.1, 0.15) is 6.10 Å². The van der Waals surface area contributed by atoms with Crippen molar-refractivity contribution in [1.82, 2.24) is 10.2 Å². The first-order chi connectivity index (χ1) is 14.7. The van der Waals surface area contributed by atoms with Crippen molar-refractivity contribution in [3.8, 4) is 0 Å². The van der Waals surface area contributed by atoms with E-state index >= 15 is 0 Å². The number of benzene rings is 2. The number of carbonyl (C=O) groups is 1. The molecule has 2 aliphatic heterocycles. The summed E-state index contributed by atoms with van der Waals surface area (Å²) in [6, 6.07) is 15.9. The Morgan fingerprint density at radius 2 is 1.90 bits per heavy atom. The minimum absolute atomic E-state index is 0.0245. The van der Waals surface area contributed by atoms with Gasteiger partial charge in [0.15, 0.2) is 0 Å². The van der Waals surface area contributed by atoms with Crippen molar-refractivity contribution >= 4 is 23.2 Å². The second-order valence-corrected chi connectivity index (χ2v) is 8.58. The fraction of sp³-hybridized carbons (Fsp3) is 0.458. The summed E-state index contributed by atoms with van der Waals surface area (Å²) in [6.45, 7) is 4.78. The van der Waals surface area contributed by atoms with Gasteiger partial charge in [0, 0.05) is 25.3 Å². The number of halogens is 1. The Balaban J connectivity index is 1.42. The number of anilines is 1. The minimum atomic E-state index is -0.0964. The molecule has 6 heteroatoms. The Kier molecular flexibility index (Phi) is 6.93. The Bertz CT molecular complexity index is 853. The van der Waals surface area contributed by atoms with Gasteiger partial charge >= 0.3 is 0 Å². The molecule has 2 aromatic carbocycles. The highest BCUT2D eigenvalue weighted by atomic mass is 35.5. The van der Waals surface area contributed by atoms with Crippen molar-refractivity contribution in [2.24, 2.45) is 5.92 Å². The third kappa shape index (κ3) is 4.80. The molecule has 0 saturated carbocycles. The van der Waals surface area contributed by atoms with Crippen molar-refractivity contribution in [2.75, 3.05) is 51.3 Å². The molecule has 1 atom stereocenters. The number of amides is 1. The van der Waals surface area contributed by atoms with Crippen LogP contribution in [0.1, 0.15) is 34.9 Å². The lowest BCUT2D eigenvalue weighted by atomic mass is 9.96. The summed E-state index contributed by atoms with van der Waals surface area (Å²) >= 11 is 6.58. The fourth-order valence-electron chi connectivity index (χ4n) is 4.43. The molecule has 0 aromatic heterocycles. The average molecular weight is 428 g/mol. The van der Waals surface area contributed by atoms with Crippen LogP contribution in [0.15, 0.2) is 48.5 Å². The number of hydrogen-bond donors (Lipinski definition) is 1. The zero-order valence-electron chi connectivity index (χ0n) is 17.5. The van der Waals surface area contributed by atoms with E-state index in [1.165, 1.54) is 12.8 Å². The number of nitrogens with one attached hydrogen (secondary N) is 1. The van der Waals surface area contributed by atoms with E-state index < -0.39 is 0 Å². The molecule has 4 rings (SSSR count). The quantitative estimate of drug-likeness (QED) is 0.783. The zero-order valence-corrected chi connectivity index (χ0v) is 18.3. The van der Waals surface area contributed by atoms with E-state index in [0.717, 1.165) is 36.8 Å². The molecule has 2 saturated heterocycles. The van der Waals surface area contributed by atoms with Crippen LogP contribution >= 0.6 is 11.6 Å². The van der Waals surface area contributed by atoms with Gasteiger partial charge in [-0.1, -0.05) is 41.9 Å². The van der Waals surface area contributed by atoms with Crippen molar-refractivity contribution in [3.63, 3.8) is 0 Å². The Morgan fingerprint density at radius 3 is 2.60 bits per heavy atom. The Hall–Kier alpha value is -2.08. The van der Waals surface area contributed by atoms with E-state index in [4.69, 9.17) is 16.3 Å². The first kappa shape index (κ1) is 21.2. The summed E-state index contributed by atoms with van der Waals surface area (Å²) < 4.78 is 5.90. The van der Waals surface area contributed by atoms with Crippen molar-refractivity contribution < 1.29 is 9.53 Å². The highest BCUT2D eigenvalue weighted by Gasteiger charge is 2.27. The molecular weight excluding hydrogens is 398 g/mol. The second-order valence-electron chi connectivity index (χ2n) is 8.17. The third-order valence-corrected chi connectivity index (χ3v) is 6.49. The Labute approximate surface area is 184 Å². The summed E-state index contributed by atoms with van der Waals surface area (Å²) in [5.41, 5.74) is 2.76. The number of rotatable bonds is 5. The lowest BCUT2D eigenvalue weighted by Gasteiger charge is -2.34. The van der Waals surface area contributed by atoms with E-state index in [2.05, 4.69) is 10.2 Å². The molecule has 30 heavy (non-hydrogen) atoms. The van der Waals surface area contributed by atoms with Gasteiger partial charge in [0.2, 0.25) is 0 Å². The lowest BCUT2D eigenvalue weighted by Crippen LogP contribution is -2.42. The number of piperidine rings is 1. The predicted octanol–water partition coefficient (Wildman–Crippen LogP) is 3.99. The minimum Gasteiger partial charge on any atom is -0.371 e. The molecule has 0 aliphatic carbocycles. The van der Waals surface area contributed by atoms with Crippen LogP contribution in [-0.4, -0.2) is 57.2 Å². The van der Waals surface area contributed by atoms with Gasteiger partial charge in [-0.2, -0.15) is 0 Å². The average Bonchev–Trinajstić information content (AvgIpc) is 2.80. The van der Waals surface area contributed by atoms with Gasteiger partial charge in [0.25, 0.3) is 5.91 Å². The van der Waals surface area contributed by atoms with Gasteiger partial charge in [0.05, 0.1) is 23.7 Å². The lowest BCUT2D eigenvalue weighted by molar-refractivity contribution is -0.0228. The number of hydrogen-bond acceptors (Lipinski definition) is 4. The van der Waals surface area contributed by atoms with Crippen LogP contribution in [0.25, 0.3) is 0 Å². The number of carbonyl (C=O) groups excluding carboxylic acids is 1. The van der Waals surface area contributed by atoms with Crippen LogP contribution in [0.5, 0.6) is 0 Å². The van der Waals surface area contributed by atoms with E-state index in [1.807, 2.05) is 60.5 Å². The van der Waals surface area contributed by atoms with E-state index in [1.54, 1.807) is 0 Å². The van der Waals surface area contributed by atoms with Crippen LogP contribution in [0.4, 0.5) is 5.69 Å². The summed E-state index contributed by atoms with van der Waals surface area (Å²) in [4.78, 5) is 17.4. The molecule has 2 aliphatic rings. The van der Waals surface area contributed by atoms with Crippen LogP contribution in [0, 0.1) is 5.92 Å². The van der Waals surface area contributed by atoms with Crippen molar-refractivity contribution in [1.29, 1.82) is 0 Å². The summed E-state index contributed by atoms with van der Waals surface area (Å²) in [7, 11) is 2.01.